The summed E-state index contributed by atoms with van der Waals surface area (Å²) in [6, 6.07) is 0. The average molecular weight is 132 g/mol. The van der Waals surface area contributed by atoms with Crippen LogP contribution in [0.4, 0.5) is 4.79 Å². The van der Waals surface area contributed by atoms with E-state index in [9.17, 15) is 4.79 Å². The van der Waals surface area contributed by atoms with E-state index in [2.05, 4.69) is 9.47 Å². The van der Waals surface area contributed by atoms with Crippen molar-refractivity contribution in [2.75, 3.05) is 13.2 Å². The summed E-state index contributed by atoms with van der Waals surface area (Å²) in [5, 5.41) is 8.37. The van der Waals surface area contributed by atoms with Gasteiger partial charge in [-0.2, -0.15) is 0 Å². The van der Waals surface area contributed by atoms with Crippen molar-refractivity contribution in [1.82, 2.24) is 0 Å². The molecule has 1 saturated heterocycles. The van der Waals surface area contributed by atoms with Crippen LogP contribution in [0.3, 0.4) is 0 Å². The number of aliphatic hydroxyl groups excluding tert-OH is 1. The normalized spacial score (nSPS) is 25.4. The van der Waals surface area contributed by atoms with Gasteiger partial charge in [0.1, 0.15) is 12.7 Å². The van der Waals surface area contributed by atoms with Gasteiger partial charge in [-0.1, -0.05) is 0 Å². The summed E-state index contributed by atoms with van der Waals surface area (Å²) in [6.45, 7) is 0.306. The molecule has 1 rings (SSSR count). The fourth-order valence-corrected chi connectivity index (χ4v) is 0.651. The van der Waals surface area contributed by atoms with Crippen LogP contribution in [0.15, 0.2) is 0 Å². The van der Waals surface area contributed by atoms with Crippen LogP contribution in [-0.2, 0) is 9.47 Å². The Hall–Kier alpha value is -0.770. The quantitative estimate of drug-likeness (QED) is 0.533. The van der Waals surface area contributed by atoms with E-state index in [-0.39, 0.29) is 19.3 Å². The van der Waals surface area contributed by atoms with E-state index in [0.717, 1.165) is 0 Å². The van der Waals surface area contributed by atoms with Crippen molar-refractivity contribution in [2.45, 2.75) is 12.5 Å². The maximum Gasteiger partial charge on any atom is 0.508 e. The molecule has 0 aromatic heterocycles. The van der Waals surface area contributed by atoms with E-state index in [4.69, 9.17) is 5.11 Å². The van der Waals surface area contributed by atoms with Crippen LogP contribution < -0.4 is 0 Å². The summed E-state index contributed by atoms with van der Waals surface area (Å²) >= 11 is 0. The molecule has 1 aliphatic heterocycles. The van der Waals surface area contributed by atoms with Crippen molar-refractivity contribution in [2.24, 2.45) is 0 Å². The lowest BCUT2D eigenvalue weighted by Gasteiger charge is -2.00. The molecule has 0 unspecified atom stereocenters. The Morgan fingerprint density at radius 1 is 1.78 bits per heavy atom. The van der Waals surface area contributed by atoms with Crippen LogP contribution in [0.5, 0.6) is 0 Å². The average Bonchev–Trinajstić information content (AvgIpc) is 2.17. The van der Waals surface area contributed by atoms with Crippen molar-refractivity contribution >= 4 is 6.16 Å². The van der Waals surface area contributed by atoms with E-state index < -0.39 is 6.16 Å². The molecule has 1 fully saturated rings. The lowest BCUT2D eigenvalue weighted by molar-refractivity contribution is 0.109. The number of ether oxygens (including phenoxy) is 2. The highest BCUT2D eigenvalue weighted by Crippen LogP contribution is 2.08. The molecule has 0 aromatic rings. The molecule has 4 heteroatoms. The van der Waals surface area contributed by atoms with Gasteiger partial charge >= 0.3 is 6.16 Å². The maximum absolute atomic E-state index is 10.2. The van der Waals surface area contributed by atoms with Gasteiger partial charge in [-0.05, 0) is 0 Å². The van der Waals surface area contributed by atoms with Gasteiger partial charge in [-0.25, -0.2) is 4.79 Å². The van der Waals surface area contributed by atoms with Gasteiger partial charge in [-0.15, -0.1) is 0 Å². The first-order valence-corrected chi connectivity index (χ1v) is 2.77. The van der Waals surface area contributed by atoms with Gasteiger partial charge in [0, 0.05) is 13.0 Å². The molecule has 0 radical (unpaired) electrons. The fourth-order valence-electron chi connectivity index (χ4n) is 0.651. The highest BCUT2D eigenvalue weighted by molar-refractivity contribution is 5.61. The summed E-state index contributed by atoms with van der Waals surface area (Å²) in [7, 11) is 0. The molecular weight excluding hydrogens is 124 g/mol. The third kappa shape index (κ3) is 1.57. The number of hydrogen-bond acceptors (Lipinski definition) is 4. The van der Waals surface area contributed by atoms with Crippen LogP contribution in [0.2, 0.25) is 0 Å². The van der Waals surface area contributed by atoms with Gasteiger partial charge in [0.25, 0.3) is 0 Å². The Morgan fingerprint density at radius 3 is 3.00 bits per heavy atom. The molecule has 52 valence electrons. The van der Waals surface area contributed by atoms with Crippen molar-refractivity contribution in [1.29, 1.82) is 0 Å². The SMILES string of the molecule is O=C1OC[C@H](CCO)O1. The molecule has 0 spiro atoms. The Kier molecular flexibility index (Phi) is 1.89. The smallest absolute Gasteiger partial charge is 0.430 e. The predicted molar refractivity (Wildman–Crippen MR) is 27.9 cm³/mol. The molecule has 9 heavy (non-hydrogen) atoms. The zero-order valence-electron chi connectivity index (χ0n) is 4.87. The van der Waals surface area contributed by atoms with E-state index in [0.29, 0.717) is 6.42 Å². The minimum absolute atomic E-state index is 0.0291. The second kappa shape index (κ2) is 2.68. The van der Waals surface area contributed by atoms with E-state index in [1.165, 1.54) is 0 Å². The van der Waals surface area contributed by atoms with Crippen molar-refractivity contribution in [3.63, 3.8) is 0 Å². The summed E-state index contributed by atoms with van der Waals surface area (Å²) in [5.41, 5.74) is 0. The van der Waals surface area contributed by atoms with E-state index in [1.807, 2.05) is 0 Å². The van der Waals surface area contributed by atoms with Crippen LogP contribution >= 0.6 is 0 Å². The number of carbonyl (C=O) groups is 1. The fraction of sp³-hybridized carbons (Fsp3) is 0.800. The number of hydrogen-bond donors (Lipinski definition) is 1. The third-order valence-electron chi connectivity index (χ3n) is 1.10. The first kappa shape index (κ1) is 6.35. The minimum Gasteiger partial charge on any atom is -0.430 e. The molecule has 0 aromatic carbocycles. The van der Waals surface area contributed by atoms with Crippen LogP contribution in [-0.4, -0.2) is 30.6 Å². The largest absolute Gasteiger partial charge is 0.508 e. The standard InChI is InChI=1S/C5H8O4/c6-2-1-4-3-8-5(7)9-4/h4,6H,1-3H2/t4-/m0/s1. The molecule has 0 saturated carbocycles. The highest BCUT2D eigenvalue weighted by atomic mass is 16.8. The van der Waals surface area contributed by atoms with Gasteiger partial charge in [0.2, 0.25) is 0 Å². The third-order valence-corrected chi connectivity index (χ3v) is 1.10. The van der Waals surface area contributed by atoms with E-state index >= 15 is 0 Å². The van der Waals surface area contributed by atoms with Crippen LogP contribution in [0.1, 0.15) is 6.42 Å². The molecular formula is C5H8O4. The molecule has 1 atom stereocenters. The van der Waals surface area contributed by atoms with Crippen molar-refractivity contribution < 1.29 is 19.4 Å². The second-order valence-corrected chi connectivity index (χ2v) is 1.81. The summed E-state index contributed by atoms with van der Waals surface area (Å²) < 4.78 is 9.03. The Bertz CT molecular complexity index is 112. The topological polar surface area (TPSA) is 55.8 Å². The molecule has 1 N–H and O–H groups in total. The number of carbonyl (C=O) groups excluding carboxylic acids is 1. The monoisotopic (exact) mass is 132 g/mol. The van der Waals surface area contributed by atoms with Gasteiger partial charge in [-0.3, -0.25) is 0 Å². The molecule has 1 aliphatic rings. The van der Waals surface area contributed by atoms with Crippen LogP contribution in [0.25, 0.3) is 0 Å². The maximum atomic E-state index is 10.2. The predicted octanol–water partition coefficient (Wildman–Crippen LogP) is -0.0958. The molecule has 4 nitrogen and oxygen atoms in total. The minimum atomic E-state index is -0.631. The molecule has 0 bridgehead atoms. The first-order valence-electron chi connectivity index (χ1n) is 2.77. The zero-order chi connectivity index (χ0) is 6.69. The molecule has 0 aliphatic carbocycles. The van der Waals surface area contributed by atoms with Gasteiger partial charge in [0.05, 0.1) is 0 Å². The first-order chi connectivity index (χ1) is 4.33. The Balaban J connectivity index is 2.22. The summed E-state index contributed by atoms with van der Waals surface area (Å²) in [6.07, 6.45) is -0.401. The Labute approximate surface area is 52.4 Å². The molecule has 1 heterocycles. The van der Waals surface area contributed by atoms with Gasteiger partial charge in [0.15, 0.2) is 0 Å². The zero-order valence-corrected chi connectivity index (χ0v) is 4.87. The van der Waals surface area contributed by atoms with Crippen LogP contribution in [0, 0.1) is 0 Å². The highest BCUT2D eigenvalue weighted by Gasteiger charge is 2.23. The summed E-state index contributed by atoms with van der Waals surface area (Å²) in [5.74, 6) is 0. The second-order valence-electron chi connectivity index (χ2n) is 1.81. The van der Waals surface area contributed by atoms with Crippen molar-refractivity contribution in [3.05, 3.63) is 0 Å². The number of aliphatic hydroxyl groups is 1. The molecule has 0 amide bonds. The van der Waals surface area contributed by atoms with E-state index in [1.54, 1.807) is 0 Å². The number of cyclic esters (lactones) is 2. The lowest BCUT2D eigenvalue weighted by atomic mass is 10.3. The Morgan fingerprint density at radius 2 is 2.56 bits per heavy atom. The van der Waals surface area contributed by atoms with Gasteiger partial charge < -0.3 is 14.6 Å². The number of rotatable bonds is 2. The summed E-state index contributed by atoms with van der Waals surface area (Å²) in [4.78, 5) is 10.2. The lowest BCUT2D eigenvalue weighted by Crippen LogP contribution is -2.11. The van der Waals surface area contributed by atoms with Crippen molar-refractivity contribution in [3.8, 4) is 0 Å².